The van der Waals surface area contributed by atoms with Gasteiger partial charge in [0.2, 0.25) is 5.91 Å². The smallest absolute Gasteiger partial charge is 0.224 e. The van der Waals surface area contributed by atoms with Crippen LogP contribution in [-0.2, 0) is 17.6 Å². The van der Waals surface area contributed by atoms with Gasteiger partial charge in [-0.3, -0.25) is 4.79 Å². The molecule has 0 saturated carbocycles. The fourth-order valence-corrected chi connectivity index (χ4v) is 3.56. The summed E-state index contributed by atoms with van der Waals surface area (Å²) in [5.41, 5.74) is 4.44. The number of nitrogens with one attached hydrogen (secondary N) is 1. The van der Waals surface area contributed by atoms with E-state index in [9.17, 15) is 4.79 Å². The van der Waals surface area contributed by atoms with Gasteiger partial charge in [0.25, 0.3) is 0 Å². The van der Waals surface area contributed by atoms with Crippen LogP contribution in [0.4, 0.5) is 5.69 Å². The number of anilines is 1. The van der Waals surface area contributed by atoms with Crippen molar-refractivity contribution >= 4 is 17.3 Å². The van der Waals surface area contributed by atoms with E-state index in [-0.39, 0.29) is 5.91 Å². The minimum Gasteiger partial charge on any atom is -0.494 e. The minimum atomic E-state index is -0.0541. The van der Waals surface area contributed by atoms with Gasteiger partial charge in [0.15, 0.2) is 0 Å². The Morgan fingerprint density at radius 2 is 1.64 bits per heavy atom. The van der Waals surface area contributed by atoms with Crippen LogP contribution in [0.25, 0.3) is 0 Å². The number of carbonyl (C=O) groups is 1. The lowest BCUT2D eigenvalue weighted by molar-refractivity contribution is -0.116. The first-order chi connectivity index (χ1) is 16.1. The zero-order chi connectivity index (χ0) is 23.3. The van der Waals surface area contributed by atoms with Crippen LogP contribution in [-0.4, -0.2) is 23.4 Å². The number of hydrogen-bond donors (Lipinski definition) is 2. The summed E-state index contributed by atoms with van der Waals surface area (Å²) in [6.07, 6.45) is 5.52. The molecule has 0 saturated heterocycles. The van der Waals surface area contributed by atoms with Crippen molar-refractivity contribution in [2.75, 3.05) is 11.9 Å². The molecule has 0 fully saturated rings. The number of unbranched alkanes of at least 4 members (excludes halogenated alkanes) is 2. The van der Waals surface area contributed by atoms with Gasteiger partial charge >= 0.3 is 0 Å². The summed E-state index contributed by atoms with van der Waals surface area (Å²) in [5.74, 6) is 0.811. The molecule has 0 aliphatic heterocycles. The third-order valence-electron chi connectivity index (χ3n) is 5.50. The first-order valence-corrected chi connectivity index (χ1v) is 11.5. The van der Waals surface area contributed by atoms with Crippen LogP contribution in [0.5, 0.6) is 5.75 Å². The topological polar surface area (TPSA) is 70.9 Å². The monoisotopic (exact) mass is 444 g/mol. The number of ether oxygens (including phenoxy) is 1. The van der Waals surface area contributed by atoms with Crippen LogP contribution in [0.1, 0.15) is 49.3 Å². The largest absolute Gasteiger partial charge is 0.494 e. The molecular weight excluding hydrogens is 412 g/mol. The lowest BCUT2D eigenvalue weighted by Gasteiger charge is -2.09. The molecule has 0 spiro atoms. The van der Waals surface area contributed by atoms with Crippen LogP contribution in [0.3, 0.4) is 0 Å². The van der Waals surface area contributed by atoms with Crippen LogP contribution in [0, 0.1) is 0 Å². The summed E-state index contributed by atoms with van der Waals surface area (Å²) in [6, 6.07) is 25.8. The zero-order valence-electron chi connectivity index (χ0n) is 19.2. The highest BCUT2D eigenvalue weighted by atomic mass is 16.5. The Hall–Kier alpha value is -3.60. The quantitative estimate of drug-likeness (QED) is 0.150. The molecular formula is C28H32N2O3. The van der Waals surface area contributed by atoms with E-state index in [1.54, 1.807) is 13.0 Å². The summed E-state index contributed by atoms with van der Waals surface area (Å²) < 4.78 is 5.85. The molecule has 5 heteroatoms. The molecule has 33 heavy (non-hydrogen) atoms. The fraction of sp³-hybridized carbons (Fsp3) is 0.286. The highest BCUT2D eigenvalue weighted by molar-refractivity contribution is 6.00. The van der Waals surface area contributed by atoms with Crippen molar-refractivity contribution in [2.45, 2.75) is 45.4 Å². The maximum atomic E-state index is 12.3. The fourth-order valence-electron chi connectivity index (χ4n) is 3.56. The maximum absolute atomic E-state index is 12.3. The number of oxime groups is 1. The first-order valence-electron chi connectivity index (χ1n) is 11.5. The first kappa shape index (κ1) is 24.1. The molecule has 3 rings (SSSR count). The van der Waals surface area contributed by atoms with Crippen molar-refractivity contribution in [3.8, 4) is 5.75 Å². The molecule has 0 bridgehead atoms. The average Bonchev–Trinajstić information content (AvgIpc) is 2.86. The zero-order valence-corrected chi connectivity index (χ0v) is 19.2. The number of hydrogen-bond acceptors (Lipinski definition) is 4. The maximum Gasteiger partial charge on any atom is 0.224 e. The third kappa shape index (κ3) is 8.45. The predicted octanol–water partition coefficient (Wildman–Crippen LogP) is 6.25. The van der Waals surface area contributed by atoms with E-state index in [4.69, 9.17) is 9.94 Å². The van der Waals surface area contributed by atoms with E-state index >= 15 is 0 Å². The summed E-state index contributed by atoms with van der Waals surface area (Å²) in [6.45, 7) is 2.43. The number of aryl methyl sites for hydroxylation is 2. The number of carbonyl (C=O) groups excluding carboxylic acids is 1. The summed E-state index contributed by atoms with van der Waals surface area (Å²) in [4.78, 5) is 12.3. The van der Waals surface area contributed by atoms with Gasteiger partial charge in [-0.25, -0.2) is 0 Å². The van der Waals surface area contributed by atoms with Crippen LogP contribution >= 0.6 is 0 Å². The summed E-state index contributed by atoms with van der Waals surface area (Å²) in [7, 11) is 0. The standard InChI is InChI=1S/C28H32N2O3/c1-22(30-32)25-12-8-13-26(21-25)29-28(31)19-16-24-14-17-27(18-15-24)33-20-7-3-6-11-23-9-4-2-5-10-23/h2,4-5,8-10,12-15,17-18,21,32H,3,6-7,11,16,19-20H2,1H3,(H,29,31)/b30-22+. The van der Waals surface area contributed by atoms with E-state index in [0.717, 1.165) is 42.7 Å². The van der Waals surface area contributed by atoms with E-state index < -0.39 is 0 Å². The van der Waals surface area contributed by atoms with Gasteiger partial charge in [0.1, 0.15) is 5.75 Å². The van der Waals surface area contributed by atoms with Gasteiger partial charge in [-0.05, 0) is 74.4 Å². The van der Waals surface area contributed by atoms with Crippen molar-refractivity contribution in [3.63, 3.8) is 0 Å². The number of amides is 1. The Morgan fingerprint density at radius 3 is 2.39 bits per heavy atom. The van der Waals surface area contributed by atoms with Crippen LogP contribution < -0.4 is 10.1 Å². The molecule has 3 aromatic rings. The Bertz CT molecular complexity index is 1030. The number of nitrogens with zero attached hydrogens (tertiary/aromatic N) is 1. The SMILES string of the molecule is C/C(=N\O)c1cccc(NC(=O)CCc2ccc(OCCCCCc3ccccc3)cc2)c1. The van der Waals surface area contributed by atoms with Crippen molar-refractivity contribution in [2.24, 2.45) is 5.16 Å². The average molecular weight is 445 g/mol. The van der Waals surface area contributed by atoms with Crippen molar-refractivity contribution < 1.29 is 14.7 Å². The number of benzene rings is 3. The van der Waals surface area contributed by atoms with Crippen molar-refractivity contribution in [3.05, 3.63) is 95.6 Å². The normalized spacial score (nSPS) is 11.2. The Morgan fingerprint density at radius 1 is 0.879 bits per heavy atom. The molecule has 172 valence electrons. The van der Waals surface area contributed by atoms with Crippen LogP contribution in [0.2, 0.25) is 0 Å². The van der Waals surface area contributed by atoms with Gasteiger partial charge in [0, 0.05) is 17.7 Å². The summed E-state index contributed by atoms with van der Waals surface area (Å²) >= 11 is 0. The Balaban J connectivity index is 1.33. The van der Waals surface area contributed by atoms with Gasteiger partial charge in [-0.1, -0.05) is 59.8 Å². The molecule has 1 amide bonds. The Labute approximate surface area is 196 Å². The molecule has 0 radical (unpaired) electrons. The molecule has 0 aromatic heterocycles. The lowest BCUT2D eigenvalue weighted by Crippen LogP contribution is -2.12. The number of rotatable bonds is 12. The second kappa shape index (κ2) is 13.1. The molecule has 0 heterocycles. The lowest BCUT2D eigenvalue weighted by atomic mass is 10.1. The third-order valence-corrected chi connectivity index (χ3v) is 5.50. The van der Waals surface area contributed by atoms with Crippen molar-refractivity contribution in [1.82, 2.24) is 0 Å². The van der Waals surface area contributed by atoms with E-state index in [1.807, 2.05) is 42.5 Å². The molecule has 0 aliphatic carbocycles. The van der Waals surface area contributed by atoms with Crippen molar-refractivity contribution in [1.29, 1.82) is 0 Å². The minimum absolute atomic E-state index is 0.0541. The highest BCUT2D eigenvalue weighted by Gasteiger charge is 2.06. The second-order valence-electron chi connectivity index (χ2n) is 8.10. The highest BCUT2D eigenvalue weighted by Crippen LogP contribution is 2.16. The molecule has 0 atom stereocenters. The molecule has 3 aromatic carbocycles. The van der Waals surface area contributed by atoms with Gasteiger partial charge < -0.3 is 15.3 Å². The molecule has 0 unspecified atom stereocenters. The molecule has 2 N–H and O–H groups in total. The molecule has 5 nitrogen and oxygen atoms in total. The van der Waals surface area contributed by atoms with Crippen LogP contribution in [0.15, 0.2) is 84.0 Å². The van der Waals surface area contributed by atoms with Gasteiger partial charge in [-0.2, -0.15) is 0 Å². The van der Waals surface area contributed by atoms with Gasteiger partial charge in [-0.15, -0.1) is 0 Å². The summed E-state index contributed by atoms with van der Waals surface area (Å²) in [5, 5.41) is 15.0. The molecule has 0 aliphatic rings. The van der Waals surface area contributed by atoms with E-state index in [2.05, 4.69) is 40.8 Å². The Kier molecular flexibility index (Phi) is 9.52. The van der Waals surface area contributed by atoms with E-state index in [0.29, 0.717) is 24.2 Å². The van der Waals surface area contributed by atoms with E-state index in [1.165, 1.54) is 12.0 Å². The second-order valence-corrected chi connectivity index (χ2v) is 8.10. The van der Waals surface area contributed by atoms with Gasteiger partial charge in [0.05, 0.1) is 12.3 Å². The predicted molar refractivity (Wildman–Crippen MR) is 133 cm³/mol.